The van der Waals surface area contributed by atoms with E-state index in [1.807, 2.05) is 34.0 Å². The second-order valence-electron chi connectivity index (χ2n) is 7.66. The van der Waals surface area contributed by atoms with E-state index in [9.17, 15) is 4.79 Å². The van der Waals surface area contributed by atoms with Gasteiger partial charge in [0.2, 0.25) is 0 Å². The number of carbonyl (C=O) groups is 1. The van der Waals surface area contributed by atoms with Gasteiger partial charge < -0.3 is 9.64 Å². The molecule has 2 aliphatic rings. The highest BCUT2D eigenvalue weighted by Gasteiger charge is 2.32. The number of methoxy groups -OCH3 is 1. The molecule has 1 aromatic carbocycles. The Labute approximate surface area is 160 Å². The van der Waals surface area contributed by atoms with Gasteiger partial charge in [-0.15, -0.1) is 5.10 Å². The van der Waals surface area contributed by atoms with Gasteiger partial charge in [0.1, 0.15) is 5.75 Å². The predicted octanol–water partition coefficient (Wildman–Crippen LogP) is 4.16. The molecule has 4 rings (SSSR count). The molecular weight excluding hydrogens is 340 g/mol. The number of hydrogen-bond donors (Lipinski definition) is 0. The second-order valence-corrected chi connectivity index (χ2v) is 7.66. The topological polar surface area (TPSA) is 60.2 Å². The number of hydrogen-bond acceptors (Lipinski definition) is 4. The molecule has 1 saturated heterocycles. The van der Waals surface area contributed by atoms with E-state index in [2.05, 4.69) is 16.4 Å². The van der Waals surface area contributed by atoms with Crippen LogP contribution in [-0.2, 0) is 0 Å². The third kappa shape index (κ3) is 3.84. The van der Waals surface area contributed by atoms with Crippen LogP contribution in [0.5, 0.6) is 5.75 Å². The van der Waals surface area contributed by atoms with Crippen LogP contribution in [0.1, 0.15) is 79.5 Å². The molecule has 0 N–H and O–H groups in total. The first-order chi connectivity index (χ1) is 13.3. The summed E-state index contributed by atoms with van der Waals surface area (Å²) in [5.41, 5.74) is 1.59. The van der Waals surface area contributed by atoms with Gasteiger partial charge in [-0.2, -0.15) is 0 Å². The highest BCUT2D eigenvalue weighted by Crippen LogP contribution is 2.34. The number of likely N-dealkylation sites (tertiary alicyclic amines) is 1. The lowest BCUT2D eigenvalue weighted by atomic mass is 10.0. The summed E-state index contributed by atoms with van der Waals surface area (Å²) in [4.78, 5) is 15.1. The van der Waals surface area contributed by atoms with Crippen molar-refractivity contribution in [2.45, 2.75) is 63.5 Å². The van der Waals surface area contributed by atoms with Gasteiger partial charge >= 0.3 is 0 Å². The molecule has 0 radical (unpaired) electrons. The Morgan fingerprint density at radius 2 is 1.93 bits per heavy atom. The minimum absolute atomic E-state index is 0.0137. The first-order valence-corrected chi connectivity index (χ1v) is 10.1. The van der Waals surface area contributed by atoms with Gasteiger partial charge in [0.25, 0.3) is 5.91 Å². The second kappa shape index (κ2) is 8.11. The van der Waals surface area contributed by atoms with E-state index in [4.69, 9.17) is 4.74 Å². The van der Waals surface area contributed by atoms with E-state index in [-0.39, 0.29) is 11.9 Å². The predicted molar refractivity (Wildman–Crippen MR) is 103 cm³/mol. The molecule has 1 aliphatic carbocycles. The van der Waals surface area contributed by atoms with Gasteiger partial charge in [0.15, 0.2) is 5.69 Å². The average Bonchev–Trinajstić information content (AvgIpc) is 3.32. The summed E-state index contributed by atoms with van der Waals surface area (Å²) in [5, 5.41) is 8.52. The van der Waals surface area contributed by atoms with E-state index in [1.165, 1.54) is 25.7 Å². The van der Waals surface area contributed by atoms with Crippen LogP contribution in [-0.4, -0.2) is 39.5 Å². The molecule has 1 amide bonds. The third-order valence-electron chi connectivity index (χ3n) is 5.92. The van der Waals surface area contributed by atoms with Gasteiger partial charge in [-0.05, 0) is 43.4 Å². The number of benzene rings is 1. The summed E-state index contributed by atoms with van der Waals surface area (Å²) < 4.78 is 7.27. The van der Waals surface area contributed by atoms with Crippen LogP contribution >= 0.6 is 0 Å². The quantitative estimate of drug-likeness (QED) is 0.760. The molecule has 6 heteroatoms. The van der Waals surface area contributed by atoms with Crippen molar-refractivity contribution in [3.8, 4) is 5.75 Å². The normalized spacial score (nSPS) is 21.2. The van der Waals surface area contributed by atoms with Crippen molar-refractivity contribution in [2.75, 3.05) is 13.7 Å². The summed E-state index contributed by atoms with van der Waals surface area (Å²) in [6, 6.07) is 8.48. The Kier molecular flexibility index (Phi) is 5.41. The number of carbonyl (C=O) groups excluding carboxylic acids is 1. The van der Waals surface area contributed by atoms with Crippen molar-refractivity contribution in [3.63, 3.8) is 0 Å². The van der Waals surface area contributed by atoms with Crippen LogP contribution in [0.2, 0.25) is 0 Å². The minimum atomic E-state index is -0.0137. The van der Waals surface area contributed by atoms with Gasteiger partial charge in [-0.3, -0.25) is 4.79 Å². The monoisotopic (exact) mass is 368 g/mol. The molecule has 0 bridgehead atoms. The molecule has 144 valence electrons. The molecular formula is C21H28N4O2. The van der Waals surface area contributed by atoms with E-state index < -0.39 is 0 Å². The lowest BCUT2D eigenvalue weighted by Crippen LogP contribution is -2.30. The van der Waals surface area contributed by atoms with Crippen molar-refractivity contribution < 1.29 is 9.53 Å². The Morgan fingerprint density at radius 1 is 1.11 bits per heavy atom. The van der Waals surface area contributed by atoms with Crippen molar-refractivity contribution in [1.82, 2.24) is 19.9 Å². The zero-order valence-electron chi connectivity index (χ0n) is 16.0. The van der Waals surface area contributed by atoms with Crippen LogP contribution < -0.4 is 4.74 Å². The molecule has 27 heavy (non-hydrogen) atoms. The molecule has 1 atom stereocenters. The zero-order valence-corrected chi connectivity index (χ0v) is 16.0. The summed E-state index contributed by atoms with van der Waals surface area (Å²) >= 11 is 0. The number of aromatic nitrogens is 3. The number of nitrogens with zero attached hydrogens (tertiary/aromatic N) is 4. The van der Waals surface area contributed by atoms with E-state index in [0.29, 0.717) is 11.7 Å². The first kappa shape index (κ1) is 18.0. The standard InChI is InChI=1S/C21H28N4O2/c1-27-18-11-6-8-16(14-18)20-12-7-13-24(20)21(26)19-15-25(23-22-19)17-9-4-2-3-5-10-17/h6,8,11,14-15,17,20H,2-5,7,9-10,12-13H2,1H3/t20-/m1/s1. The smallest absolute Gasteiger partial charge is 0.276 e. The third-order valence-corrected chi connectivity index (χ3v) is 5.92. The summed E-state index contributed by atoms with van der Waals surface area (Å²) in [5.74, 6) is 0.811. The zero-order chi connectivity index (χ0) is 18.6. The summed E-state index contributed by atoms with van der Waals surface area (Å²) in [7, 11) is 1.67. The van der Waals surface area contributed by atoms with Crippen LogP contribution in [0.25, 0.3) is 0 Å². The van der Waals surface area contributed by atoms with Crippen LogP contribution in [0.4, 0.5) is 0 Å². The molecule has 2 fully saturated rings. The molecule has 1 aliphatic heterocycles. The van der Waals surface area contributed by atoms with Crippen LogP contribution in [0.3, 0.4) is 0 Å². The number of rotatable bonds is 4. The molecule has 2 aromatic rings. The van der Waals surface area contributed by atoms with Crippen LogP contribution in [0, 0.1) is 0 Å². The van der Waals surface area contributed by atoms with Crippen LogP contribution in [0.15, 0.2) is 30.5 Å². The average molecular weight is 368 g/mol. The maximum Gasteiger partial charge on any atom is 0.276 e. The Hall–Kier alpha value is -2.37. The SMILES string of the molecule is COc1cccc([C@H]2CCCN2C(=O)c2cn(C3CCCCCC3)nn2)c1. The molecule has 0 spiro atoms. The fourth-order valence-electron chi connectivity index (χ4n) is 4.43. The minimum Gasteiger partial charge on any atom is -0.497 e. The molecule has 1 saturated carbocycles. The van der Waals surface area contributed by atoms with Crippen molar-refractivity contribution in [1.29, 1.82) is 0 Å². The maximum atomic E-state index is 13.1. The fourth-order valence-corrected chi connectivity index (χ4v) is 4.43. The molecule has 0 unspecified atom stereocenters. The van der Waals surface area contributed by atoms with Crippen molar-refractivity contribution >= 4 is 5.91 Å². The van der Waals surface area contributed by atoms with E-state index in [1.54, 1.807) is 7.11 Å². The molecule has 6 nitrogen and oxygen atoms in total. The lowest BCUT2D eigenvalue weighted by Gasteiger charge is -2.24. The lowest BCUT2D eigenvalue weighted by molar-refractivity contribution is 0.0729. The summed E-state index contributed by atoms with van der Waals surface area (Å²) in [6.45, 7) is 0.761. The largest absolute Gasteiger partial charge is 0.497 e. The van der Waals surface area contributed by atoms with Crippen molar-refractivity contribution in [2.24, 2.45) is 0 Å². The van der Waals surface area contributed by atoms with E-state index in [0.717, 1.165) is 43.5 Å². The first-order valence-electron chi connectivity index (χ1n) is 10.1. The summed E-state index contributed by atoms with van der Waals surface area (Å²) in [6.07, 6.45) is 11.2. The van der Waals surface area contributed by atoms with E-state index >= 15 is 0 Å². The highest BCUT2D eigenvalue weighted by molar-refractivity contribution is 5.92. The van der Waals surface area contributed by atoms with Gasteiger partial charge in [0.05, 0.1) is 25.4 Å². The Balaban J connectivity index is 1.51. The fraction of sp³-hybridized carbons (Fsp3) is 0.571. The highest BCUT2D eigenvalue weighted by atomic mass is 16.5. The number of amides is 1. The maximum absolute atomic E-state index is 13.1. The molecule has 1 aromatic heterocycles. The molecule has 2 heterocycles. The van der Waals surface area contributed by atoms with Gasteiger partial charge in [0, 0.05) is 6.54 Å². The van der Waals surface area contributed by atoms with Crippen molar-refractivity contribution in [3.05, 3.63) is 41.7 Å². The Bertz CT molecular complexity index is 780. The van der Waals surface area contributed by atoms with Gasteiger partial charge in [-0.25, -0.2) is 4.68 Å². The van der Waals surface area contributed by atoms with Gasteiger partial charge in [-0.1, -0.05) is 43.0 Å². The Morgan fingerprint density at radius 3 is 2.70 bits per heavy atom. The number of ether oxygens (including phenoxy) is 1.